The Morgan fingerprint density at radius 3 is 2.15 bits per heavy atom. The topological polar surface area (TPSA) is 3.24 Å². The Morgan fingerprint density at radius 2 is 1.41 bits per heavy atom. The van der Waals surface area contributed by atoms with Crippen LogP contribution in [0, 0.1) is 6.92 Å². The number of hydrogen-bond donors (Lipinski definition) is 0. The molecule has 0 bridgehead atoms. The van der Waals surface area contributed by atoms with Crippen LogP contribution in [0.2, 0.25) is 0 Å². The molecule has 0 N–H and O–H groups in total. The van der Waals surface area contributed by atoms with E-state index in [9.17, 15) is 0 Å². The molecule has 27 heavy (non-hydrogen) atoms. The van der Waals surface area contributed by atoms with E-state index in [-0.39, 0.29) is 0 Å². The van der Waals surface area contributed by atoms with E-state index < -0.39 is 0 Å². The molecule has 0 aliphatic rings. The van der Waals surface area contributed by atoms with E-state index in [1.807, 2.05) is 0 Å². The Morgan fingerprint density at radius 1 is 0.704 bits per heavy atom. The molecule has 0 saturated heterocycles. The van der Waals surface area contributed by atoms with Crippen LogP contribution in [0.15, 0.2) is 95.7 Å². The molecule has 0 aliphatic heterocycles. The minimum Gasteiger partial charge on any atom is -0.310 e. The first-order valence-electron chi connectivity index (χ1n) is 9.03. The summed E-state index contributed by atoms with van der Waals surface area (Å²) in [6.45, 7) is 2.16. The van der Waals surface area contributed by atoms with Crippen LogP contribution in [0.4, 0.5) is 17.1 Å². The van der Waals surface area contributed by atoms with Crippen molar-refractivity contribution in [2.75, 3.05) is 4.90 Å². The summed E-state index contributed by atoms with van der Waals surface area (Å²) >= 11 is 1.72. The Hall–Kier alpha value is -3.10. The molecule has 2 heteroatoms. The van der Waals surface area contributed by atoms with Gasteiger partial charge in [0.05, 0.1) is 5.69 Å². The number of aryl methyl sites for hydroxylation is 1. The van der Waals surface area contributed by atoms with Crippen LogP contribution in [-0.2, 0) is 0 Å². The summed E-state index contributed by atoms with van der Waals surface area (Å²) in [4.78, 5) is 2.34. The largest absolute Gasteiger partial charge is 0.310 e. The van der Waals surface area contributed by atoms with Crippen molar-refractivity contribution in [2.45, 2.75) is 6.92 Å². The molecule has 1 aromatic heterocycles. The maximum Gasteiger partial charge on any atom is 0.0534 e. The first kappa shape index (κ1) is 17.3. The lowest BCUT2D eigenvalue weighted by Gasteiger charge is -2.28. The lowest BCUT2D eigenvalue weighted by molar-refractivity contribution is 1.25. The van der Waals surface area contributed by atoms with Gasteiger partial charge in [0.1, 0.15) is 0 Å². The second kappa shape index (κ2) is 8.07. The van der Waals surface area contributed by atoms with Crippen molar-refractivity contribution in [1.29, 1.82) is 0 Å². The number of para-hydroxylation sites is 3. The summed E-state index contributed by atoms with van der Waals surface area (Å²) in [5.74, 6) is 0. The molecular formula is C25H21NS. The van der Waals surface area contributed by atoms with Crippen molar-refractivity contribution in [1.82, 2.24) is 0 Å². The van der Waals surface area contributed by atoms with Crippen molar-refractivity contribution in [3.63, 3.8) is 0 Å². The van der Waals surface area contributed by atoms with Gasteiger partial charge in [-0.05, 0) is 64.7 Å². The van der Waals surface area contributed by atoms with Crippen LogP contribution in [-0.4, -0.2) is 0 Å². The fraction of sp³-hybridized carbons (Fsp3) is 0.0400. The molecule has 0 radical (unpaired) electrons. The van der Waals surface area contributed by atoms with Crippen LogP contribution in [0.1, 0.15) is 16.7 Å². The lowest BCUT2D eigenvalue weighted by atomic mass is 10.1. The Kier molecular flexibility index (Phi) is 5.17. The van der Waals surface area contributed by atoms with E-state index in [0.29, 0.717) is 0 Å². The van der Waals surface area contributed by atoms with Crippen LogP contribution in [0.25, 0.3) is 12.2 Å². The highest BCUT2D eigenvalue weighted by atomic mass is 32.1. The van der Waals surface area contributed by atoms with Crippen molar-refractivity contribution >= 4 is 40.6 Å². The zero-order valence-electron chi connectivity index (χ0n) is 15.2. The molecule has 0 unspecified atom stereocenters. The summed E-state index contributed by atoms with van der Waals surface area (Å²) in [5, 5.41) is 4.27. The maximum absolute atomic E-state index is 2.34. The average molecular weight is 368 g/mol. The van der Waals surface area contributed by atoms with Crippen molar-refractivity contribution in [3.05, 3.63) is 112 Å². The lowest BCUT2D eigenvalue weighted by Crippen LogP contribution is -2.12. The second-order valence-corrected chi connectivity index (χ2v) is 7.19. The highest BCUT2D eigenvalue weighted by Crippen LogP contribution is 2.38. The van der Waals surface area contributed by atoms with Gasteiger partial charge in [0.25, 0.3) is 0 Å². The normalized spacial score (nSPS) is 11.0. The van der Waals surface area contributed by atoms with E-state index in [2.05, 4.69) is 120 Å². The van der Waals surface area contributed by atoms with Crippen molar-refractivity contribution in [3.8, 4) is 0 Å². The molecule has 4 aromatic rings. The molecule has 4 rings (SSSR count). The van der Waals surface area contributed by atoms with Gasteiger partial charge >= 0.3 is 0 Å². The van der Waals surface area contributed by atoms with Gasteiger partial charge < -0.3 is 4.90 Å². The number of nitrogens with zero attached hydrogens (tertiary/aromatic N) is 1. The SMILES string of the molecule is Cc1ccccc1N(c1ccccc1)c1ccccc1/C=C/c1ccsc1. The minimum absolute atomic E-state index is 1.16. The Balaban J connectivity index is 1.85. The third-order valence-electron chi connectivity index (χ3n) is 4.55. The first-order valence-corrected chi connectivity index (χ1v) is 9.97. The molecule has 0 aliphatic carbocycles. The highest BCUT2D eigenvalue weighted by Gasteiger charge is 2.15. The summed E-state index contributed by atoms with van der Waals surface area (Å²) in [6, 6.07) is 29.8. The zero-order chi connectivity index (χ0) is 18.5. The number of benzene rings is 3. The third kappa shape index (κ3) is 3.86. The number of hydrogen-bond acceptors (Lipinski definition) is 2. The van der Waals surface area contributed by atoms with Gasteiger partial charge in [-0.1, -0.05) is 66.7 Å². The predicted molar refractivity (Wildman–Crippen MR) is 119 cm³/mol. The van der Waals surface area contributed by atoms with Gasteiger partial charge in [0, 0.05) is 11.4 Å². The highest BCUT2D eigenvalue weighted by molar-refractivity contribution is 7.08. The van der Waals surface area contributed by atoms with E-state index in [1.54, 1.807) is 11.3 Å². The van der Waals surface area contributed by atoms with Gasteiger partial charge in [0.2, 0.25) is 0 Å². The predicted octanol–water partition coefficient (Wildman–Crippen LogP) is 7.70. The van der Waals surface area contributed by atoms with Crippen LogP contribution in [0.5, 0.6) is 0 Å². The Bertz CT molecular complexity index is 1030. The van der Waals surface area contributed by atoms with Gasteiger partial charge in [-0.15, -0.1) is 0 Å². The van der Waals surface area contributed by atoms with Gasteiger partial charge in [-0.2, -0.15) is 11.3 Å². The molecule has 0 spiro atoms. The molecule has 3 aromatic carbocycles. The van der Waals surface area contributed by atoms with E-state index in [1.165, 1.54) is 28.1 Å². The quantitative estimate of drug-likeness (QED) is 0.349. The average Bonchev–Trinajstić information content (AvgIpc) is 3.23. The smallest absolute Gasteiger partial charge is 0.0534 e. The minimum atomic E-state index is 1.16. The zero-order valence-corrected chi connectivity index (χ0v) is 16.1. The maximum atomic E-state index is 2.34. The number of anilines is 3. The summed E-state index contributed by atoms with van der Waals surface area (Å²) in [7, 11) is 0. The number of thiophene rings is 1. The summed E-state index contributed by atoms with van der Waals surface area (Å²) in [5.41, 5.74) is 7.19. The van der Waals surface area contributed by atoms with E-state index in [4.69, 9.17) is 0 Å². The molecule has 1 heterocycles. The molecule has 0 amide bonds. The molecule has 0 fully saturated rings. The monoisotopic (exact) mass is 367 g/mol. The van der Waals surface area contributed by atoms with E-state index in [0.717, 1.165) is 5.69 Å². The van der Waals surface area contributed by atoms with Gasteiger partial charge in [-0.3, -0.25) is 0 Å². The molecule has 132 valence electrons. The molecular weight excluding hydrogens is 346 g/mol. The summed E-state index contributed by atoms with van der Waals surface area (Å²) < 4.78 is 0. The van der Waals surface area contributed by atoms with Crippen LogP contribution >= 0.6 is 11.3 Å². The molecule has 0 atom stereocenters. The van der Waals surface area contributed by atoms with Gasteiger partial charge in [0.15, 0.2) is 0 Å². The molecule has 0 saturated carbocycles. The van der Waals surface area contributed by atoms with Gasteiger partial charge in [-0.25, -0.2) is 0 Å². The standard InChI is InChI=1S/C25H21NS/c1-20-9-5-7-13-24(20)26(23-11-3-2-4-12-23)25-14-8-6-10-22(25)16-15-21-17-18-27-19-21/h2-19H,1H3/b16-15+. The van der Waals surface area contributed by atoms with Crippen molar-refractivity contribution in [2.24, 2.45) is 0 Å². The Labute approximate surface area is 164 Å². The van der Waals surface area contributed by atoms with Crippen LogP contribution < -0.4 is 4.90 Å². The number of rotatable bonds is 5. The summed E-state index contributed by atoms with van der Waals surface area (Å²) in [6.07, 6.45) is 4.38. The van der Waals surface area contributed by atoms with Crippen LogP contribution in [0.3, 0.4) is 0 Å². The first-order chi connectivity index (χ1) is 13.3. The third-order valence-corrected chi connectivity index (χ3v) is 5.25. The van der Waals surface area contributed by atoms with E-state index >= 15 is 0 Å². The molecule has 1 nitrogen and oxygen atoms in total. The fourth-order valence-electron chi connectivity index (χ4n) is 3.19. The van der Waals surface area contributed by atoms with Crippen molar-refractivity contribution < 1.29 is 0 Å². The second-order valence-electron chi connectivity index (χ2n) is 6.41. The fourth-order valence-corrected chi connectivity index (χ4v) is 3.82.